The van der Waals surface area contributed by atoms with Gasteiger partial charge < -0.3 is 10.6 Å². The minimum atomic E-state index is 0.153. The molecule has 0 radical (unpaired) electrons. The van der Waals surface area contributed by atoms with Crippen molar-refractivity contribution in [1.29, 1.82) is 0 Å². The van der Waals surface area contributed by atoms with Crippen LogP contribution in [0.3, 0.4) is 0 Å². The number of carbonyl (C=O) groups is 1. The minimum Gasteiger partial charge on any atom is -0.399 e. The molecule has 4 heteroatoms. The topological polar surface area (TPSA) is 46.3 Å². The molecule has 2 N–H and O–H groups in total. The van der Waals surface area contributed by atoms with Crippen molar-refractivity contribution >= 4 is 29.0 Å². The molecule has 1 aromatic carbocycles. The fourth-order valence-electron chi connectivity index (χ4n) is 3.08. The zero-order chi connectivity index (χ0) is 13.4. The fraction of sp³-hybridized carbons (Fsp3) is 0.533. The van der Waals surface area contributed by atoms with Gasteiger partial charge in [-0.2, -0.15) is 0 Å². The van der Waals surface area contributed by atoms with Crippen molar-refractivity contribution in [2.45, 2.75) is 43.9 Å². The van der Waals surface area contributed by atoms with Crippen molar-refractivity contribution < 1.29 is 4.79 Å². The van der Waals surface area contributed by atoms with Crippen LogP contribution in [0, 0.1) is 0 Å². The summed E-state index contributed by atoms with van der Waals surface area (Å²) in [5, 5.41) is 0.153. The van der Waals surface area contributed by atoms with Gasteiger partial charge in [0.2, 0.25) is 5.91 Å². The van der Waals surface area contributed by atoms with Crippen molar-refractivity contribution in [2.75, 3.05) is 16.4 Å². The average Bonchev–Trinajstić information content (AvgIpc) is 2.74. The Kier molecular flexibility index (Phi) is 3.44. The van der Waals surface area contributed by atoms with Crippen LogP contribution in [0.15, 0.2) is 18.2 Å². The van der Waals surface area contributed by atoms with Gasteiger partial charge in [-0.1, -0.05) is 6.42 Å². The maximum absolute atomic E-state index is 12.7. The van der Waals surface area contributed by atoms with Crippen LogP contribution in [-0.4, -0.2) is 23.0 Å². The number of thioether (sulfide) groups is 1. The Morgan fingerprint density at radius 2 is 2.26 bits per heavy atom. The molecule has 2 heterocycles. The first kappa shape index (κ1) is 12.9. The van der Waals surface area contributed by atoms with Crippen LogP contribution in [0.1, 0.15) is 31.7 Å². The van der Waals surface area contributed by atoms with Crippen molar-refractivity contribution in [3.63, 3.8) is 0 Å². The standard InChI is InChI=1S/C15H20N2OS/c1-10-8-11-9-12(16)5-6-13(11)17(10)15(18)14-4-2-3-7-19-14/h5-6,9-10,14H,2-4,7-8,16H2,1H3. The third-order valence-corrected chi connectivity index (χ3v) is 5.38. The van der Waals surface area contributed by atoms with Gasteiger partial charge in [-0.05, 0) is 55.7 Å². The Balaban J connectivity index is 1.86. The number of rotatable bonds is 1. The molecule has 0 spiro atoms. The summed E-state index contributed by atoms with van der Waals surface area (Å²) >= 11 is 1.82. The van der Waals surface area contributed by atoms with E-state index in [0.717, 1.165) is 30.0 Å². The number of carbonyl (C=O) groups excluding carboxylic acids is 1. The molecule has 1 amide bonds. The molecular formula is C15H20N2OS. The number of nitrogens with two attached hydrogens (primary N) is 1. The molecule has 0 saturated carbocycles. The molecule has 0 aromatic heterocycles. The van der Waals surface area contributed by atoms with Gasteiger partial charge in [0.25, 0.3) is 0 Å². The summed E-state index contributed by atoms with van der Waals surface area (Å²) in [7, 11) is 0. The van der Waals surface area contributed by atoms with Crippen molar-refractivity contribution in [2.24, 2.45) is 0 Å². The van der Waals surface area contributed by atoms with Crippen LogP contribution in [0.4, 0.5) is 11.4 Å². The Labute approximate surface area is 118 Å². The van der Waals surface area contributed by atoms with E-state index in [1.54, 1.807) is 0 Å². The zero-order valence-electron chi connectivity index (χ0n) is 11.3. The molecule has 3 nitrogen and oxygen atoms in total. The normalized spacial score (nSPS) is 26.3. The SMILES string of the molecule is CC1Cc2cc(N)ccc2N1C(=O)C1CCCCS1. The molecule has 1 aromatic rings. The molecule has 19 heavy (non-hydrogen) atoms. The number of nitrogen functional groups attached to an aromatic ring is 1. The molecular weight excluding hydrogens is 256 g/mol. The summed E-state index contributed by atoms with van der Waals surface area (Å²) in [6.07, 6.45) is 4.37. The lowest BCUT2D eigenvalue weighted by Crippen LogP contribution is -2.42. The van der Waals surface area contributed by atoms with Gasteiger partial charge in [0.05, 0.1) is 5.25 Å². The van der Waals surface area contributed by atoms with Gasteiger partial charge in [0.1, 0.15) is 0 Å². The maximum atomic E-state index is 12.7. The average molecular weight is 276 g/mol. The predicted octanol–water partition coefficient (Wildman–Crippen LogP) is 2.83. The lowest BCUT2D eigenvalue weighted by molar-refractivity contribution is -0.118. The molecule has 2 aliphatic heterocycles. The second-order valence-electron chi connectivity index (χ2n) is 5.50. The van der Waals surface area contributed by atoms with Gasteiger partial charge in [-0.25, -0.2) is 0 Å². The number of hydrogen-bond donors (Lipinski definition) is 1. The largest absolute Gasteiger partial charge is 0.399 e. The molecule has 2 unspecified atom stereocenters. The van der Waals surface area contributed by atoms with E-state index in [-0.39, 0.29) is 11.3 Å². The Hall–Kier alpha value is -1.16. The number of nitrogens with zero attached hydrogens (tertiary/aromatic N) is 1. The number of benzene rings is 1. The third-order valence-electron chi connectivity index (χ3n) is 4.01. The van der Waals surface area contributed by atoms with E-state index in [1.807, 2.05) is 34.9 Å². The summed E-state index contributed by atoms with van der Waals surface area (Å²) in [5.41, 5.74) is 8.89. The van der Waals surface area contributed by atoms with Gasteiger partial charge in [0, 0.05) is 17.4 Å². The van der Waals surface area contributed by atoms with Crippen LogP contribution in [0.2, 0.25) is 0 Å². The molecule has 0 bridgehead atoms. The van der Waals surface area contributed by atoms with E-state index in [9.17, 15) is 4.79 Å². The number of anilines is 2. The summed E-state index contributed by atoms with van der Waals surface area (Å²) in [6, 6.07) is 6.16. The minimum absolute atomic E-state index is 0.153. The highest BCUT2D eigenvalue weighted by atomic mass is 32.2. The van der Waals surface area contributed by atoms with Crippen LogP contribution in [0.5, 0.6) is 0 Å². The highest BCUT2D eigenvalue weighted by molar-refractivity contribution is 8.00. The molecule has 1 saturated heterocycles. The van der Waals surface area contributed by atoms with Crippen LogP contribution in [-0.2, 0) is 11.2 Å². The summed E-state index contributed by atoms with van der Waals surface area (Å²) in [5.74, 6) is 1.41. The molecule has 0 aliphatic carbocycles. The van der Waals surface area contributed by atoms with E-state index >= 15 is 0 Å². The van der Waals surface area contributed by atoms with Crippen LogP contribution >= 0.6 is 11.8 Å². The summed E-state index contributed by atoms with van der Waals surface area (Å²) in [6.45, 7) is 2.13. The Morgan fingerprint density at radius 1 is 1.42 bits per heavy atom. The van der Waals surface area contributed by atoms with Crippen molar-refractivity contribution in [1.82, 2.24) is 0 Å². The maximum Gasteiger partial charge on any atom is 0.240 e. The third kappa shape index (κ3) is 2.34. The van der Waals surface area contributed by atoms with Gasteiger partial charge in [-0.3, -0.25) is 4.79 Å². The highest BCUT2D eigenvalue weighted by Crippen LogP contribution is 2.36. The molecule has 1 fully saturated rings. The first-order valence-corrected chi connectivity index (χ1v) is 8.05. The van der Waals surface area contributed by atoms with Crippen molar-refractivity contribution in [3.05, 3.63) is 23.8 Å². The number of amides is 1. The van der Waals surface area contributed by atoms with E-state index in [1.165, 1.54) is 18.4 Å². The molecule has 2 atom stereocenters. The zero-order valence-corrected chi connectivity index (χ0v) is 12.1. The van der Waals surface area contributed by atoms with E-state index in [2.05, 4.69) is 6.92 Å². The van der Waals surface area contributed by atoms with Crippen LogP contribution in [0.25, 0.3) is 0 Å². The smallest absolute Gasteiger partial charge is 0.240 e. The second kappa shape index (κ2) is 5.08. The fourth-order valence-corrected chi connectivity index (χ4v) is 4.32. The van der Waals surface area contributed by atoms with Crippen molar-refractivity contribution in [3.8, 4) is 0 Å². The van der Waals surface area contributed by atoms with E-state index in [4.69, 9.17) is 5.73 Å². The van der Waals surface area contributed by atoms with E-state index in [0.29, 0.717) is 5.91 Å². The summed E-state index contributed by atoms with van der Waals surface area (Å²) in [4.78, 5) is 14.7. The predicted molar refractivity (Wildman–Crippen MR) is 81.6 cm³/mol. The van der Waals surface area contributed by atoms with Gasteiger partial charge in [-0.15, -0.1) is 11.8 Å². The Bertz CT molecular complexity index is 497. The first-order valence-electron chi connectivity index (χ1n) is 7.00. The lowest BCUT2D eigenvalue weighted by Gasteiger charge is -2.29. The summed E-state index contributed by atoms with van der Waals surface area (Å²) < 4.78 is 0. The van der Waals surface area contributed by atoms with Gasteiger partial charge in [0.15, 0.2) is 0 Å². The lowest BCUT2D eigenvalue weighted by atomic mass is 10.1. The van der Waals surface area contributed by atoms with Gasteiger partial charge >= 0.3 is 0 Å². The monoisotopic (exact) mass is 276 g/mol. The van der Waals surface area contributed by atoms with Crippen LogP contribution < -0.4 is 10.6 Å². The Morgan fingerprint density at radius 3 is 3.00 bits per heavy atom. The quantitative estimate of drug-likeness (QED) is 0.802. The first-order chi connectivity index (χ1) is 9.16. The molecule has 3 rings (SSSR count). The number of fused-ring (bicyclic) bond motifs is 1. The molecule has 2 aliphatic rings. The number of hydrogen-bond acceptors (Lipinski definition) is 3. The highest BCUT2D eigenvalue weighted by Gasteiger charge is 2.35. The second-order valence-corrected chi connectivity index (χ2v) is 6.82. The molecule has 102 valence electrons. The van der Waals surface area contributed by atoms with E-state index < -0.39 is 0 Å².